The van der Waals surface area contributed by atoms with Gasteiger partial charge in [-0.15, -0.1) is 0 Å². The molecule has 0 spiro atoms. The molecule has 4 amide bonds. The average Bonchev–Trinajstić information content (AvgIpc) is 3.14. The molecule has 1 heterocycles. The molecule has 0 saturated heterocycles. The number of carbonyl (C=O) groups is 4. The molecule has 9 nitrogen and oxygen atoms in total. The monoisotopic (exact) mass is 649 g/mol. The first kappa shape index (κ1) is 34.6. The van der Waals surface area contributed by atoms with Crippen molar-refractivity contribution < 1.29 is 19.2 Å². The van der Waals surface area contributed by atoms with Crippen LogP contribution in [0.3, 0.4) is 0 Å². The van der Waals surface area contributed by atoms with Crippen molar-refractivity contribution in [3.63, 3.8) is 0 Å². The normalized spacial score (nSPS) is 17.9. The van der Waals surface area contributed by atoms with Crippen molar-refractivity contribution >= 4 is 23.6 Å². The van der Waals surface area contributed by atoms with Gasteiger partial charge in [0, 0.05) is 25.4 Å². The average molecular weight is 650 g/mol. The number of nitrogens with zero attached hydrogens (tertiary/aromatic N) is 2. The zero-order valence-electron chi connectivity index (χ0n) is 27.9. The van der Waals surface area contributed by atoms with Crippen LogP contribution in [-0.2, 0) is 32.0 Å². The van der Waals surface area contributed by atoms with Crippen molar-refractivity contribution in [1.82, 2.24) is 25.8 Å². The summed E-state index contributed by atoms with van der Waals surface area (Å²) in [5.74, 6) is -1.19. The summed E-state index contributed by atoms with van der Waals surface area (Å²) in [6.45, 7) is 1.94. The standard InChI is InChI=1S/C39H47N5O4/c1-28(40-2)37(46)42-36(33-16-10-5-11-17-33)38(47)41-27-35(45)44-25-24-43(23-22-29-12-6-3-7-13-29)39(48)34(44)26-30-18-20-32(21-19-30)31-14-8-4-9-15-31/h3-4,6-9,12-15,18-21,24-25,28,33-34,36,40H,5,10-11,16-17,22-23,26-27H2,1-2H3,(H,41,47)(H,42,46)/t28-,34-,36-/m0/s1. The summed E-state index contributed by atoms with van der Waals surface area (Å²) >= 11 is 0. The van der Waals surface area contributed by atoms with E-state index in [0.29, 0.717) is 19.4 Å². The highest BCUT2D eigenvalue weighted by atomic mass is 16.2. The van der Waals surface area contributed by atoms with Gasteiger partial charge < -0.3 is 25.8 Å². The quantitative estimate of drug-likeness (QED) is 0.254. The van der Waals surface area contributed by atoms with Crippen LogP contribution in [-0.4, -0.2) is 71.7 Å². The summed E-state index contributed by atoms with van der Waals surface area (Å²) in [6.07, 6.45) is 9.10. The predicted octanol–water partition coefficient (Wildman–Crippen LogP) is 4.44. The van der Waals surface area contributed by atoms with Gasteiger partial charge in [-0.05, 0) is 61.4 Å². The van der Waals surface area contributed by atoms with Crippen LogP contribution < -0.4 is 16.0 Å². The zero-order chi connectivity index (χ0) is 33.9. The Kier molecular flexibility index (Phi) is 12.2. The summed E-state index contributed by atoms with van der Waals surface area (Å²) in [7, 11) is 1.70. The van der Waals surface area contributed by atoms with Gasteiger partial charge in [0.05, 0.1) is 12.6 Å². The van der Waals surface area contributed by atoms with Crippen LogP contribution >= 0.6 is 0 Å². The van der Waals surface area contributed by atoms with Gasteiger partial charge in [0.2, 0.25) is 23.6 Å². The lowest BCUT2D eigenvalue weighted by Crippen LogP contribution is -2.57. The van der Waals surface area contributed by atoms with E-state index in [9.17, 15) is 19.2 Å². The molecule has 0 unspecified atom stereocenters. The van der Waals surface area contributed by atoms with E-state index < -0.39 is 18.1 Å². The number of hydrogen-bond acceptors (Lipinski definition) is 5. The zero-order valence-corrected chi connectivity index (χ0v) is 27.9. The summed E-state index contributed by atoms with van der Waals surface area (Å²) < 4.78 is 0. The van der Waals surface area contributed by atoms with Crippen LogP contribution in [0.5, 0.6) is 0 Å². The Morgan fingerprint density at radius 3 is 2.10 bits per heavy atom. The van der Waals surface area contributed by atoms with Crippen LogP contribution in [0.2, 0.25) is 0 Å². The van der Waals surface area contributed by atoms with Crippen LogP contribution in [0.25, 0.3) is 11.1 Å². The van der Waals surface area contributed by atoms with Crippen molar-refractivity contribution in [1.29, 1.82) is 0 Å². The highest BCUT2D eigenvalue weighted by Gasteiger charge is 2.36. The smallest absolute Gasteiger partial charge is 0.250 e. The summed E-state index contributed by atoms with van der Waals surface area (Å²) in [5.41, 5.74) is 4.21. The third-order valence-electron chi connectivity index (χ3n) is 9.52. The van der Waals surface area contributed by atoms with Gasteiger partial charge in [0.15, 0.2) is 0 Å². The Morgan fingerprint density at radius 2 is 1.44 bits per heavy atom. The second-order valence-corrected chi connectivity index (χ2v) is 12.8. The van der Waals surface area contributed by atoms with Crippen LogP contribution in [0.15, 0.2) is 97.3 Å². The van der Waals surface area contributed by atoms with E-state index >= 15 is 0 Å². The maximum atomic E-state index is 14.0. The largest absolute Gasteiger partial charge is 0.345 e. The molecule has 1 saturated carbocycles. The number of nitrogens with one attached hydrogen (secondary N) is 3. The number of likely N-dealkylation sites (N-methyl/N-ethyl adjacent to an activating group) is 1. The molecule has 0 radical (unpaired) electrons. The molecule has 3 aromatic carbocycles. The highest BCUT2D eigenvalue weighted by Crippen LogP contribution is 2.27. The molecule has 9 heteroatoms. The van der Waals surface area contributed by atoms with Crippen LogP contribution in [0.4, 0.5) is 0 Å². The second kappa shape index (κ2) is 16.9. The van der Waals surface area contributed by atoms with E-state index in [1.807, 2.05) is 72.8 Å². The fourth-order valence-corrected chi connectivity index (χ4v) is 6.49. The van der Waals surface area contributed by atoms with Crippen molar-refractivity contribution in [2.75, 3.05) is 20.1 Å². The molecule has 0 aromatic heterocycles. The molecule has 3 atom stereocenters. The molecule has 2 aliphatic rings. The Balaban J connectivity index is 1.30. The third kappa shape index (κ3) is 8.98. The van der Waals surface area contributed by atoms with Crippen molar-refractivity contribution in [2.45, 2.75) is 70.0 Å². The topological polar surface area (TPSA) is 111 Å². The highest BCUT2D eigenvalue weighted by molar-refractivity contribution is 5.94. The molecule has 3 N–H and O–H groups in total. The molecule has 1 aliphatic carbocycles. The number of hydrogen-bond donors (Lipinski definition) is 3. The van der Waals surface area contributed by atoms with Gasteiger partial charge in [0.25, 0.3) is 0 Å². The Bertz CT molecular complexity index is 1550. The van der Waals surface area contributed by atoms with E-state index in [1.165, 1.54) is 4.90 Å². The van der Waals surface area contributed by atoms with Crippen molar-refractivity contribution in [3.05, 3.63) is 108 Å². The van der Waals surface area contributed by atoms with Crippen LogP contribution in [0, 0.1) is 5.92 Å². The summed E-state index contributed by atoms with van der Waals surface area (Å²) in [5, 5.41) is 8.64. The van der Waals surface area contributed by atoms with Gasteiger partial charge in [-0.1, -0.05) is 104 Å². The maximum Gasteiger partial charge on any atom is 0.250 e. The summed E-state index contributed by atoms with van der Waals surface area (Å²) in [4.78, 5) is 57.1. The first-order valence-electron chi connectivity index (χ1n) is 17.1. The first-order chi connectivity index (χ1) is 23.3. The number of rotatable bonds is 13. The Morgan fingerprint density at radius 1 is 0.792 bits per heavy atom. The van der Waals surface area contributed by atoms with E-state index in [2.05, 4.69) is 28.1 Å². The molecule has 48 heavy (non-hydrogen) atoms. The van der Waals surface area contributed by atoms with E-state index in [-0.39, 0.29) is 36.1 Å². The molecule has 3 aromatic rings. The predicted molar refractivity (Wildman–Crippen MR) is 187 cm³/mol. The molecule has 1 aliphatic heterocycles. The van der Waals surface area contributed by atoms with Crippen molar-refractivity contribution in [3.8, 4) is 11.1 Å². The SMILES string of the molecule is CN[C@@H](C)C(=O)N[C@H](C(=O)NCC(=O)N1C=CN(CCc2ccccc2)C(=O)[C@@H]1Cc1ccc(-c2ccccc2)cc1)C1CCCCC1. The van der Waals surface area contributed by atoms with Gasteiger partial charge in [-0.25, -0.2) is 0 Å². The van der Waals surface area contributed by atoms with Crippen molar-refractivity contribution in [2.24, 2.45) is 5.92 Å². The van der Waals surface area contributed by atoms with Gasteiger partial charge >= 0.3 is 0 Å². The molecule has 1 fully saturated rings. The van der Waals surface area contributed by atoms with E-state index in [4.69, 9.17) is 0 Å². The molecule has 5 rings (SSSR count). The molecular formula is C39H47N5O4. The minimum Gasteiger partial charge on any atom is -0.345 e. The maximum absolute atomic E-state index is 14.0. The minimum atomic E-state index is -0.775. The molecular weight excluding hydrogens is 602 g/mol. The molecule has 252 valence electrons. The minimum absolute atomic E-state index is 0.00287. The fourth-order valence-electron chi connectivity index (χ4n) is 6.49. The lowest BCUT2D eigenvalue weighted by Gasteiger charge is -2.36. The lowest BCUT2D eigenvalue weighted by atomic mass is 9.83. The van der Waals surface area contributed by atoms with E-state index in [0.717, 1.165) is 54.4 Å². The number of amides is 4. The lowest BCUT2D eigenvalue weighted by molar-refractivity contribution is -0.143. The molecule has 0 bridgehead atoms. The third-order valence-corrected chi connectivity index (χ3v) is 9.52. The Labute approximate surface area is 283 Å². The first-order valence-corrected chi connectivity index (χ1v) is 17.1. The van der Waals surface area contributed by atoms with Gasteiger partial charge in [-0.3, -0.25) is 19.2 Å². The number of carbonyl (C=O) groups excluding carboxylic acids is 4. The van der Waals surface area contributed by atoms with E-state index in [1.54, 1.807) is 31.3 Å². The number of benzene rings is 3. The second-order valence-electron chi connectivity index (χ2n) is 12.8. The summed E-state index contributed by atoms with van der Waals surface area (Å²) in [6, 6.07) is 26.2. The fraction of sp³-hybridized carbons (Fsp3) is 0.385. The van der Waals surface area contributed by atoms with Crippen LogP contribution in [0.1, 0.15) is 50.2 Å². The van der Waals surface area contributed by atoms with Gasteiger partial charge in [-0.2, -0.15) is 0 Å². The Hall–Kier alpha value is -4.76. The van der Waals surface area contributed by atoms with Gasteiger partial charge in [0.1, 0.15) is 12.1 Å².